The van der Waals surface area contributed by atoms with Crippen LogP contribution in [0, 0.1) is 5.41 Å². The third-order valence-electron chi connectivity index (χ3n) is 3.57. The molecule has 0 amide bonds. The lowest BCUT2D eigenvalue weighted by Crippen LogP contribution is -2.47. The number of nitrogens with one attached hydrogen (secondary N) is 1. The normalized spacial score (nSPS) is 24.9. The fraction of sp³-hybridized carbons (Fsp3) is 0.538. The predicted molar refractivity (Wildman–Crippen MR) is 68.0 cm³/mol. The molecule has 1 aromatic heterocycles. The summed E-state index contributed by atoms with van der Waals surface area (Å²) in [7, 11) is 0. The van der Waals surface area contributed by atoms with Crippen LogP contribution in [0.2, 0.25) is 0 Å². The SMILES string of the molecule is C=CCC1(C(=O)O)CCCN(Cc2ncc[nH]2)C1. The summed E-state index contributed by atoms with van der Waals surface area (Å²) in [6.07, 6.45) is 7.37. The maximum atomic E-state index is 11.5. The molecule has 1 unspecified atom stereocenters. The molecule has 5 heteroatoms. The van der Waals surface area contributed by atoms with E-state index in [1.54, 1.807) is 18.5 Å². The van der Waals surface area contributed by atoms with Crippen LogP contribution in [0.5, 0.6) is 0 Å². The average Bonchev–Trinajstić information content (AvgIpc) is 2.82. The molecule has 1 saturated heterocycles. The van der Waals surface area contributed by atoms with Crippen LogP contribution in [0.3, 0.4) is 0 Å². The summed E-state index contributed by atoms with van der Waals surface area (Å²) in [5, 5.41) is 9.47. The molecule has 1 fully saturated rings. The van der Waals surface area contributed by atoms with Gasteiger partial charge in [0.2, 0.25) is 0 Å². The zero-order valence-corrected chi connectivity index (χ0v) is 10.4. The van der Waals surface area contributed by atoms with E-state index >= 15 is 0 Å². The summed E-state index contributed by atoms with van der Waals surface area (Å²) >= 11 is 0. The second-order valence-electron chi connectivity index (χ2n) is 4.93. The van der Waals surface area contributed by atoms with Gasteiger partial charge in [-0.1, -0.05) is 6.08 Å². The van der Waals surface area contributed by atoms with Gasteiger partial charge in [0.15, 0.2) is 0 Å². The van der Waals surface area contributed by atoms with E-state index in [4.69, 9.17) is 0 Å². The van der Waals surface area contributed by atoms with Crippen LogP contribution in [0.15, 0.2) is 25.0 Å². The van der Waals surface area contributed by atoms with Crippen molar-refractivity contribution in [3.63, 3.8) is 0 Å². The molecule has 0 spiro atoms. The summed E-state index contributed by atoms with van der Waals surface area (Å²) in [6.45, 7) is 5.85. The molecule has 0 saturated carbocycles. The molecular weight excluding hydrogens is 230 g/mol. The van der Waals surface area contributed by atoms with E-state index in [1.165, 1.54) is 0 Å². The van der Waals surface area contributed by atoms with Gasteiger partial charge in [0, 0.05) is 18.9 Å². The monoisotopic (exact) mass is 249 g/mol. The van der Waals surface area contributed by atoms with Crippen molar-refractivity contribution >= 4 is 5.97 Å². The number of carbonyl (C=O) groups is 1. The van der Waals surface area contributed by atoms with Crippen LogP contribution in [-0.4, -0.2) is 39.0 Å². The lowest BCUT2D eigenvalue weighted by molar-refractivity contribution is -0.152. The molecule has 2 heterocycles. The van der Waals surface area contributed by atoms with Crippen molar-refractivity contribution in [1.82, 2.24) is 14.9 Å². The Hall–Kier alpha value is -1.62. The average molecular weight is 249 g/mol. The maximum absolute atomic E-state index is 11.5. The Bertz CT molecular complexity index is 416. The summed E-state index contributed by atoms with van der Waals surface area (Å²) in [5.74, 6) is 0.168. The number of H-pyrrole nitrogens is 1. The number of hydrogen-bond acceptors (Lipinski definition) is 3. The second kappa shape index (κ2) is 5.35. The highest BCUT2D eigenvalue weighted by atomic mass is 16.4. The number of imidazole rings is 1. The van der Waals surface area contributed by atoms with Gasteiger partial charge in [0.05, 0.1) is 12.0 Å². The second-order valence-corrected chi connectivity index (χ2v) is 4.93. The first-order valence-corrected chi connectivity index (χ1v) is 6.21. The third kappa shape index (κ3) is 2.61. The van der Waals surface area contributed by atoms with Gasteiger partial charge >= 0.3 is 5.97 Å². The van der Waals surface area contributed by atoms with Crippen molar-refractivity contribution in [2.75, 3.05) is 13.1 Å². The van der Waals surface area contributed by atoms with E-state index in [0.29, 0.717) is 19.5 Å². The molecule has 1 aliphatic rings. The highest BCUT2D eigenvalue weighted by molar-refractivity contribution is 5.75. The predicted octanol–water partition coefficient (Wildman–Crippen LogP) is 1.65. The van der Waals surface area contributed by atoms with E-state index in [2.05, 4.69) is 21.4 Å². The number of likely N-dealkylation sites (tertiary alicyclic amines) is 1. The molecule has 98 valence electrons. The largest absolute Gasteiger partial charge is 0.481 e. The molecule has 5 nitrogen and oxygen atoms in total. The van der Waals surface area contributed by atoms with Crippen LogP contribution < -0.4 is 0 Å². The first kappa shape index (κ1) is 12.8. The smallest absolute Gasteiger partial charge is 0.311 e. The molecule has 18 heavy (non-hydrogen) atoms. The molecule has 1 aromatic rings. The van der Waals surface area contributed by atoms with Crippen LogP contribution in [0.4, 0.5) is 0 Å². The molecule has 1 atom stereocenters. The van der Waals surface area contributed by atoms with Crippen molar-refractivity contribution in [3.05, 3.63) is 30.9 Å². The molecule has 0 aromatic carbocycles. The number of allylic oxidation sites excluding steroid dienone is 1. The highest BCUT2D eigenvalue weighted by Gasteiger charge is 2.41. The molecular formula is C13H19N3O2. The zero-order chi connectivity index (χ0) is 13.0. The first-order chi connectivity index (χ1) is 8.66. The van der Waals surface area contributed by atoms with Gasteiger partial charge < -0.3 is 10.1 Å². The van der Waals surface area contributed by atoms with Gasteiger partial charge in [0.1, 0.15) is 5.82 Å². The minimum absolute atomic E-state index is 0.525. The fourth-order valence-electron chi connectivity index (χ4n) is 2.66. The van der Waals surface area contributed by atoms with E-state index < -0.39 is 11.4 Å². The van der Waals surface area contributed by atoms with Gasteiger partial charge in [-0.15, -0.1) is 6.58 Å². The van der Waals surface area contributed by atoms with E-state index in [1.807, 2.05) is 0 Å². The van der Waals surface area contributed by atoms with Crippen LogP contribution >= 0.6 is 0 Å². The maximum Gasteiger partial charge on any atom is 0.311 e. The number of aromatic amines is 1. The summed E-state index contributed by atoms with van der Waals surface area (Å²) in [4.78, 5) is 20.9. The number of carboxylic acids is 1. The van der Waals surface area contributed by atoms with Crippen LogP contribution in [-0.2, 0) is 11.3 Å². The molecule has 0 aliphatic carbocycles. The third-order valence-corrected chi connectivity index (χ3v) is 3.57. The van der Waals surface area contributed by atoms with Crippen molar-refractivity contribution in [2.24, 2.45) is 5.41 Å². The minimum atomic E-state index is -0.716. The van der Waals surface area contributed by atoms with Gasteiger partial charge in [-0.25, -0.2) is 4.98 Å². The quantitative estimate of drug-likeness (QED) is 0.779. The van der Waals surface area contributed by atoms with Crippen molar-refractivity contribution < 1.29 is 9.90 Å². The topological polar surface area (TPSA) is 69.2 Å². The van der Waals surface area contributed by atoms with Gasteiger partial charge in [-0.05, 0) is 25.8 Å². The van der Waals surface area contributed by atoms with Crippen molar-refractivity contribution in [2.45, 2.75) is 25.8 Å². The lowest BCUT2D eigenvalue weighted by atomic mass is 9.77. The Kier molecular flexibility index (Phi) is 3.81. The van der Waals surface area contributed by atoms with Crippen molar-refractivity contribution in [3.8, 4) is 0 Å². The molecule has 1 aliphatic heterocycles. The Labute approximate surface area is 107 Å². The Balaban J connectivity index is 2.06. The molecule has 2 rings (SSSR count). The Morgan fingerprint density at radius 1 is 1.72 bits per heavy atom. The number of aliphatic carboxylic acids is 1. The summed E-state index contributed by atoms with van der Waals surface area (Å²) in [5.41, 5.74) is -0.674. The Morgan fingerprint density at radius 3 is 3.17 bits per heavy atom. The van der Waals surface area contributed by atoms with Gasteiger partial charge in [-0.3, -0.25) is 9.69 Å². The standard InChI is InChI=1S/C13H19N3O2/c1-2-4-13(12(17)18)5-3-8-16(10-13)9-11-14-6-7-15-11/h2,6-7H,1,3-5,8-10H2,(H,14,15)(H,17,18). The number of rotatable bonds is 5. The number of nitrogens with zero attached hydrogens (tertiary/aromatic N) is 2. The van der Waals surface area contributed by atoms with E-state index in [0.717, 1.165) is 25.2 Å². The number of piperidine rings is 1. The highest BCUT2D eigenvalue weighted by Crippen LogP contribution is 2.34. The van der Waals surface area contributed by atoms with Gasteiger partial charge in [-0.2, -0.15) is 0 Å². The van der Waals surface area contributed by atoms with E-state index in [9.17, 15) is 9.90 Å². The Morgan fingerprint density at radius 2 is 2.56 bits per heavy atom. The number of carboxylic acid groups (broad SMARTS) is 1. The minimum Gasteiger partial charge on any atom is -0.481 e. The fourth-order valence-corrected chi connectivity index (χ4v) is 2.66. The molecule has 2 N–H and O–H groups in total. The van der Waals surface area contributed by atoms with E-state index in [-0.39, 0.29) is 0 Å². The van der Waals surface area contributed by atoms with Crippen LogP contribution in [0.25, 0.3) is 0 Å². The summed E-state index contributed by atoms with van der Waals surface area (Å²) in [6, 6.07) is 0. The summed E-state index contributed by atoms with van der Waals surface area (Å²) < 4.78 is 0. The molecule has 0 radical (unpaired) electrons. The van der Waals surface area contributed by atoms with Gasteiger partial charge in [0.25, 0.3) is 0 Å². The number of aromatic nitrogens is 2. The van der Waals surface area contributed by atoms with Crippen molar-refractivity contribution in [1.29, 1.82) is 0 Å². The number of hydrogen-bond donors (Lipinski definition) is 2. The molecule has 0 bridgehead atoms. The first-order valence-electron chi connectivity index (χ1n) is 6.21. The zero-order valence-electron chi connectivity index (χ0n) is 10.4. The lowest BCUT2D eigenvalue weighted by Gasteiger charge is -2.39. The van der Waals surface area contributed by atoms with Crippen LogP contribution in [0.1, 0.15) is 25.1 Å².